The third-order valence-corrected chi connectivity index (χ3v) is 4.94. The summed E-state index contributed by atoms with van der Waals surface area (Å²) >= 11 is 1.40. The van der Waals surface area contributed by atoms with Gasteiger partial charge in [-0.25, -0.2) is 9.78 Å². The second-order valence-corrected chi connectivity index (χ2v) is 8.53. The Morgan fingerprint density at radius 1 is 1.19 bits per heavy atom. The summed E-state index contributed by atoms with van der Waals surface area (Å²) in [6.45, 7) is 5.89. The lowest BCUT2D eigenvalue weighted by Gasteiger charge is -2.30. The predicted molar refractivity (Wildman–Crippen MR) is 110 cm³/mol. The highest BCUT2D eigenvalue weighted by atomic mass is 32.2. The Labute approximate surface area is 165 Å². The zero-order chi connectivity index (χ0) is 20.3. The van der Waals surface area contributed by atoms with Crippen molar-refractivity contribution in [2.24, 2.45) is 0 Å². The zero-order valence-electron chi connectivity index (χ0n) is 16.8. The van der Waals surface area contributed by atoms with Gasteiger partial charge < -0.3 is 9.80 Å². The minimum Gasteiger partial charge on any atom is -0.338 e. The van der Waals surface area contributed by atoms with Gasteiger partial charge in [-0.3, -0.25) is 19.9 Å². The van der Waals surface area contributed by atoms with E-state index in [4.69, 9.17) is 0 Å². The number of rotatable bonds is 11. The molecule has 9 heteroatoms. The molecule has 0 saturated carbocycles. The topological polar surface area (TPSA) is 104 Å². The molecule has 1 rings (SSSR count). The number of hydrogen-bond donors (Lipinski definition) is 3. The van der Waals surface area contributed by atoms with Crippen molar-refractivity contribution < 1.29 is 14.1 Å². The van der Waals surface area contributed by atoms with E-state index in [0.717, 1.165) is 49.0 Å². The van der Waals surface area contributed by atoms with Crippen LogP contribution in [0.3, 0.4) is 0 Å². The number of aromatic amines is 1. The van der Waals surface area contributed by atoms with Gasteiger partial charge in [-0.05, 0) is 26.2 Å². The molecule has 1 aromatic rings. The number of nitrogens with one attached hydrogen (secondary N) is 3. The van der Waals surface area contributed by atoms with Gasteiger partial charge in [0.2, 0.25) is 5.95 Å². The molecule has 0 aliphatic heterocycles. The lowest BCUT2D eigenvalue weighted by molar-refractivity contribution is -0.890. The molecule has 3 N–H and O–H groups in total. The average Bonchev–Trinajstić information content (AvgIpc) is 2.53. The van der Waals surface area contributed by atoms with Gasteiger partial charge in [0.25, 0.3) is 5.56 Å². The summed E-state index contributed by atoms with van der Waals surface area (Å²) in [5.74, 6) is 1.06. The Morgan fingerprint density at radius 2 is 1.89 bits per heavy atom. The molecule has 0 unspecified atom stereocenters. The van der Waals surface area contributed by atoms with Gasteiger partial charge in [0.1, 0.15) is 0 Å². The van der Waals surface area contributed by atoms with Gasteiger partial charge in [-0.2, -0.15) is 0 Å². The summed E-state index contributed by atoms with van der Waals surface area (Å²) in [4.78, 5) is 40.6. The molecule has 1 heterocycles. The number of anilines is 1. The molecule has 0 spiro atoms. The second kappa shape index (κ2) is 11.8. The van der Waals surface area contributed by atoms with E-state index < -0.39 is 0 Å². The fourth-order valence-electron chi connectivity index (χ4n) is 2.65. The average molecular weight is 399 g/mol. The van der Waals surface area contributed by atoms with Gasteiger partial charge in [-0.15, -0.1) is 0 Å². The number of hydrogen-bond acceptors (Lipinski definition) is 5. The summed E-state index contributed by atoms with van der Waals surface area (Å²) in [5.41, 5.74) is 0.254. The maximum atomic E-state index is 11.9. The SMILES string of the molecule is CC(=O)SCCCCC[N+](C)(C)CCCNC(=O)Nc1nc(C)cc(=O)[nH]1. The molecule has 0 saturated heterocycles. The minimum absolute atomic E-state index is 0.150. The number of urea groups is 1. The van der Waals surface area contributed by atoms with Crippen molar-refractivity contribution in [3.8, 4) is 0 Å². The van der Waals surface area contributed by atoms with Crippen molar-refractivity contribution in [1.29, 1.82) is 0 Å². The van der Waals surface area contributed by atoms with Crippen LogP contribution in [-0.2, 0) is 4.79 Å². The first-order valence-electron chi connectivity index (χ1n) is 9.26. The number of thioether (sulfide) groups is 1. The highest BCUT2D eigenvalue weighted by Gasteiger charge is 2.14. The first-order chi connectivity index (χ1) is 12.7. The smallest absolute Gasteiger partial charge is 0.321 e. The Hall–Kier alpha value is -1.87. The quantitative estimate of drug-likeness (QED) is 0.391. The van der Waals surface area contributed by atoms with Crippen LogP contribution in [0.2, 0.25) is 0 Å². The van der Waals surface area contributed by atoms with Crippen LogP contribution in [0.5, 0.6) is 0 Å². The molecule has 1 aromatic heterocycles. The van der Waals surface area contributed by atoms with E-state index in [9.17, 15) is 14.4 Å². The summed E-state index contributed by atoms with van der Waals surface area (Å²) in [6.07, 6.45) is 4.19. The number of carbonyl (C=O) groups excluding carboxylic acids is 2. The third-order valence-electron chi connectivity index (χ3n) is 4.04. The number of unbranched alkanes of at least 4 members (excludes halogenated alkanes) is 2. The second-order valence-electron chi connectivity index (χ2n) is 7.25. The van der Waals surface area contributed by atoms with Crippen LogP contribution in [0, 0.1) is 6.92 Å². The molecule has 2 amide bonds. The molecular formula is C18H32N5O3S+. The van der Waals surface area contributed by atoms with Crippen LogP contribution < -0.4 is 16.2 Å². The Balaban J connectivity index is 2.17. The first-order valence-corrected chi connectivity index (χ1v) is 10.2. The Kier molecular flexibility index (Phi) is 10.1. The number of aromatic nitrogens is 2. The van der Waals surface area contributed by atoms with E-state index in [1.54, 1.807) is 13.8 Å². The van der Waals surface area contributed by atoms with Crippen LogP contribution in [0.4, 0.5) is 10.7 Å². The number of aryl methyl sites for hydroxylation is 1. The summed E-state index contributed by atoms with van der Waals surface area (Å²) < 4.78 is 0.899. The fourth-order valence-corrected chi connectivity index (χ4v) is 3.28. The normalized spacial score (nSPS) is 11.3. The standard InChI is InChI=1S/C18H31N5O3S/c1-14-13-16(25)21-17(20-14)22-18(26)19-9-8-11-23(3,4)10-6-5-7-12-27-15(2)24/h13H,5-12H2,1-4H3,(H2-,19,20,21,22,25,26)/p+1. The third kappa shape index (κ3) is 11.4. The zero-order valence-corrected chi connectivity index (χ0v) is 17.6. The van der Waals surface area contributed by atoms with Crippen LogP contribution >= 0.6 is 11.8 Å². The molecule has 0 aliphatic rings. The van der Waals surface area contributed by atoms with E-state index in [1.165, 1.54) is 17.8 Å². The van der Waals surface area contributed by atoms with Crippen LogP contribution in [0.15, 0.2) is 10.9 Å². The molecular weight excluding hydrogens is 366 g/mol. The van der Waals surface area contributed by atoms with Crippen molar-refractivity contribution >= 4 is 28.9 Å². The van der Waals surface area contributed by atoms with Crippen molar-refractivity contribution in [2.45, 2.75) is 39.5 Å². The summed E-state index contributed by atoms with van der Waals surface area (Å²) in [7, 11) is 4.37. The first kappa shape index (κ1) is 23.2. The van der Waals surface area contributed by atoms with Crippen molar-refractivity contribution in [1.82, 2.24) is 15.3 Å². The van der Waals surface area contributed by atoms with Gasteiger partial charge in [0.05, 0.1) is 27.2 Å². The lowest BCUT2D eigenvalue weighted by atomic mass is 10.2. The monoisotopic (exact) mass is 398 g/mol. The van der Waals surface area contributed by atoms with Gasteiger partial charge in [0.15, 0.2) is 5.12 Å². The van der Waals surface area contributed by atoms with E-state index >= 15 is 0 Å². The highest BCUT2D eigenvalue weighted by Crippen LogP contribution is 2.09. The molecule has 8 nitrogen and oxygen atoms in total. The van der Waals surface area contributed by atoms with E-state index in [1.807, 2.05) is 0 Å². The Bertz CT molecular complexity index is 675. The molecule has 0 aromatic carbocycles. The molecule has 0 radical (unpaired) electrons. The molecule has 0 fully saturated rings. The fraction of sp³-hybridized carbons (Fsp3) is 0.667. The molecule has 27 heavy (non-hydrogen) atoms. The van der Waals surface area contributed by atoms with E-state index in [0.29, 0.717) is 12.2 Å². The molecule has 152 valence electrons. The van der Waals surface area contributed by atoms with Gasteiger partial charge in [0, 0.05) is 37.4 Å². The van der Waals surface area contributed by atoms with Crippen molar-refractivity contribution in [3.63, 3.8) is 0 Å². The number of amides is 2. The Morgan fingerprint density at radius 3 is 2.56 bits per heavy atom. The largest absolute Gasteiger partial charge is 0.338 e. The van der Waals surface area contributed by atoms with Crippen LogP contribution in [0.1, 0.15) is 38.3 Å². The van der Waals surface area contributed by atoms with Crippen LogP contribution in [-0.4, -0.2) is 65.1 Å². The number of quaternary nitrogens is 1. The maximum absolute atomic E-state index is 11.9. The van der Waals surface area contributed by atoms with E-state index in [-0.39, 0.29) is 22.7 Å². The predicted octanol–water partition coefficient (Wildman–Crippen LogP) is 2.12. The lowest BCUT2D eigenvalue weighted by Crippen LogP contribution is -2.42. The number of nitrogens with zero attached hydrogens (tertiary/aromatic N) is 2. The summed E-state index contributed by atoms with van der Waals surface area (Å²) in [5, 5.41) is 5.50. The minimum atomic E-state index is -0.378. The van der Waals surface area contributed by atoms with Gasteiger partial charge in [-0.1, -0.05) is 11.8 Å². The molecule has 0 aliphatic carbocycles. The van der Waals surface area contributed by atoms with Crippen molar-refractivity contribution in [2.75, 3.05) is 44.8 Å². The molecule has 0 atom stereocenters. The highest BCUT2D eigenvalue weighted by molar-refractivity contribution is 8.13. The summed E-state index contributed by atoms with van der Waals surface area (Å²) in [6, 6.07) is 0.989. The van der Waals surface area contributed by atoms with Crippen molar-refractivity contribution in [3.05, 3.63) is 22.1 Å². The van der Waals surface area contributed by atoms with Gasteiger partial charge >= 0.3 is 6.03 Å². The maximum Gasteiger partial charge on any atom is 0.321 e. The number of H-pyrrole nitrogens is 1. The number of carbonyl (C=O) groups is 2. The molecule has 0 bridgehead atoms. The van der Waals surface area contributed by atoms with Crippen LogP contribution in [0.25, 0.3) is 0 Å². The van der Waals surface area contributed by atoms with E-state index in [2.05, 4.69) is 34.7 Å².